The summed E-state index contributed by atoms with van der Waals surface area (Å²) in [4.78, 5) is 11.9. The molecule has 1 aromatic carbocycles. The van der Waals surface area contributed by atoms with Crippen LogP contribution in [0.5, 0.6) is 0 Å². The van der Waals surface area contributed by atoms with Crippen LogP contribution in [-0.2, 0) is 14.3 Å². The zero-order chi connectivity index (χ0) is 15.1. The molecule has 2 rings (SSSR count). The number of anilines is 2. The predicted molar refractivity (Wildman–Crippen MR) is 83.2 cm³/mol. The van der Waals surface area contributed by atoms with Crippen molar-refractivity contribution in [1.29, 1.82) is 0 Å². The number of aryl methyl sites for hydroxylation is 1. The molecule has 1 aliphatic heterocycles. The molecule has 1 aromatic rings. The molecule has 1 aliphatic rings. The van der Waals surface area contributed by atoms with Crippen molar-refractivity contribution in [2.75, 3.05) is 30.9 Å². The van der Waals surface area contributed by atoms with Crippen molar-refractivity contribution in [1.82, 2.24) is 0 Å². The number of amides is 1. The van der Waals surface area contributed by atoms with E-state index in [0.717, 1.165) is 30.7 Å². The highest BCUT2D eigenvalue weighted by Crippen LogP contribution is 2.18. The van der Waals surface area contributed by atoms with Crippen molar-refractivity contribution in [3.8, 4) is 0 Å². The van der Waals surface area contributed by atoms with Crippen LogP contribution in [0.2, 0.25) is 0 Å². The van der Waals surface area contributed by atoms with Crippen LogP contribution < -0.4 is 11.1 Å². The molecule has 1 fully saturated rings. The summed E-state index contributed by atoms with van der Waals surface area (Å²) in [7, 11) is 0. The van der Waals surface area contributed by atoms with E-state index in [0.29, 0.717) is 31.7 Å². The maximum absolute atomic E-state index is 11.9. The molecule has 0 radical (unpaired) electrons. The van der Waals surface area contributed by atoms with Gasteiger partial charge in [-0.1, -0.05) is 6.07 Å². The number of hydrogen-bond acceptors (Lipinski definition) is 4. The predicted octanol–water partition coefficient (Wildman–Crippen LogP) is 2.49. The lowest BCUT2D eigenvalue weighted by Gasteiger charge is -2.11. The lowest BCUT2D eigenvalue weighted by Crippen LogP contribution is -2.16. The molecule has 0 saturated carbocycles. The Morgan fingerprint density at radius 3 is 3.14 bits per heavy atom. The highest BCUT2D eigenvalue weighted by atomic mass is 16.5. The molecule has 5 nitrogen and oxygen atoms in total. The second kappa shape index (κ2) is 8.00. The SMILES string of the molecule is Cc1ccc(N)cc1NC(=O)CCCOCC1CCCO1. The van der Waals surface area contributed by atoms with E-state index in [9.17, 15) is 4.79 Å². The van der Waals surface area contributed by atoms with Crippen LogP contribution in [0.4, 0.5) is 11.4 Å². The monoisotopic (exact) mass is 292 g/mol. The summed E-state index contributed by atoms with van der Waals surface area (Å²) >= 11 is 0. The molecule has 1 amide bonds. The van der Waals surface area contributed by atoms with E-state index in [4.69, 9.17) is 15.2 Å². The average molecular weight is 292 g/mol. The molecule has 0 bridgehead atoms. The summed E-state index contributed by atoms with van der Waals surface area (Å²) in [5, 5.41) is 2.88. The van der Waals surface area contributed by atoms with Gasteiger partial charge in [-0.25, -0.2) is 0 Å². The standard InChI is InChI=1S/C16H24N2O3/c1-12-6-7-13(17)10-15(12)18-16(19)5-3-8-20-11-14-4-2-9-21-14/h6-7,10,14H,2-5,8-9,11,17H2,1H3,(H,18,19). The number of nitrogens with one attached hydrogen (secondary N) is 1. The summed E-state index contributed by atoms with van der Waals surface area (Å²) in [5.41, 5.74) is 8.15. The Balaban J connectivity index is 1.62. The van der Waals surface area contributed by atoms with Gasteiger partial charge in [0.05, 0.1) is 12.7 Å². The van der Waals surface area contributed by atoms with Gasteiger partial charge in [-0.15, -0.1) is 0 Å². The number of rotatable bonds is 7. The van der Waals surface area contributed by atoms with Crippen LogP contribution in [0.1, 0.15) is 31.2 Å². The number of carbonyl (C=O) groups is 1. The molecule has 1 heterocycles. The first-order valence-electron chi connectivity index (χ1n) is 7.50. The Bertz CT molecular complexity index is 471. The van der Waals surface area contributed by atoms with Gasteiger partial charge in [0.2, 0.25) is 5.91 Å². The van der Waals surface area contributed by atoms with Crippen molar-refractivity contribution in [3.63, 3.8) is 0 Å². The Kier molecular flexibility index (Phi) is 6.02. The van der Waals surface area contributed by atoms with Crippen molar-refractivity contribution >= 4 is 17.3 Å². The van der Waals surface area contributed by atoms with Crippen molar-refractivity contribution in [2.24, 2.45) is 0 Å². The first kappa shape index (κ1) is 15.8. The van der Waals surface area contributed by atoms with Gasteiger partial charge in [-0.05, 0) is 43.9 Å². The normalized spacial score (nSPS) is 17.9. The Morgan fingerprint density at radius 1 is 1.52 bits per heavy atom. The minimum atomic E-state index is -0.00980. The van der Waals surface area contributed by atoms with Gasteiger partial charge < -0.3 is 20.5 Å². The fourth-order valence-corrected chi connectivity index (χ4v) is 2.31. The van der Waals surface area contributed by atoms with Crippen molar-refractivity contribution in [2.45, 2.75) is 38.7 Å². The minimum absolute atomic E-state index is 0.00980. The number of hydrogen-bond donors (Lipinski definition) is 2. The molecule has 0 aromatic heterocycles. The smallest absolute Gasteiger partial charge is 0.224 e. The van der Waals surface area contributed by atoms with Crippen molar-refractivity contribution in [3.05, 3.63) is 23.8 Å². The van der Waals surface area contributed by atoms with Crippen LogP contribution in [0.15, 0.2) is 18.2 Å². The van der Waals surface area contributed by atoms with E-state index in [1.54, 1.807) is 6.07 Å². The summed E-state index contributed by atoms with van der Waals surface area (Å²) < 4.78 is 11.0. The maximum Gasteiger partial charge on any atom is 0.224 e. The summed E-state index contributed by atoms with van der Waals surface area (Å²) in [6.45, 7) is 4.01. The molecule has 21 heavy (non-hydrogen) atoms. The molecule has 5 heteroatoms. The minimum Gasteiger partial charge on any atom is -0.399 e. The quantitative estimate of drug-likeness (QED) is 0.598. The molecule has 0 spiro atoms. The highest BCUT2D eigenvalue weighted by molar-refractivity contribution is 5.91. The molecule has 1 unspecified atom stereocenters. The molecule has 1 saturated heterocycles. The second-order valence-corrected chi connectivity index (χ2v) is 5.44. The van der Waals surface area contributed by atoms with E-state index in [2.05, 4.69) is 5.32 Å². The zero-order valence-corrected chi connectivity index (χ0v) is 12.6. The second-order valence-electron chi connectivity index (χ2n) is 5.44. The highest BCUT2D eigenvalue weighted by Gasteiger charge is 2.15. The fourth-order valence-electron chi connectivity index (χ4n) is 2.31. The largest absolute Gasteiger partial charge is 0.399 e. The Labute approximate surface area is 125 Å². The third-order valence-electron chi connectivity index (χ3n) is 3.56. The van der Waals surface area contributed by atoms with Gasteiger partial charge in [0.25, 0.3) is 0 Å². The average Bonchev–Trinajstić information content (AvgIpc) is 2.96. The maximum atomic E-state index is 11.9. The summed E-state index contributed by atoms with van der Waals surface area (Å²) in [5.74, 6) is -0.00980. The van der Waals surface area contributed by atoms with E-state index in [-0.39, 0.29) is 12.0 Å². The molecular weight excluding hydrogens is 268 g/mol. The molecule has 1 atom stereocenters. The van der Waals surface area contributed by atoms with Crippen LogP contribution >= 0.6 is 0 Å². The first-order chi connectivity index (χ1) is 10.1. The van der Waals surface area contributed by atoms with Gasteiger partial charge in [-0.2, -0.15) is 0 Å². The number of carbonyl (C=O) groups excluding carboxylic acids is 1. The van der Waals surface area contributed by atoms with Gasteiger partial charge in [0.1, 0.15) is 0 Å². The Morgan fingerprint density at radius 2 is 2.38 bits per heavy atom. The number of ether oxygens (including phenoxy) is 2. The van der Waals surface area contributed by atoms with Crippen LogP contribution in [-0.4, -0.2) is 31.8 Å². The van der Waals surface area contributed by atoms with Crippen LogP contribution in [0.3, 0.4) is 0 Å². The molecular formula is C16H24N2O3. The topological polar surface area (TPSA) is 73.6 Å². The van der Waals surface area contributed by atoms with E-state index in [1.807, 2.05) is 19.1 Å². The van der Waals surface area contributed by atoms with Crippen molar-refractivity contribution < 1.29 is 14.3 Å². The number of benzene rings is 1. The van der Waals surface area contributed by atoms with E-state index >= 15 is 0 Å². The molecule has 116 valence electrons. The molecule has 0 aliphatic carbocycles. The van der Waals surface area contributed by atoms with Gasteiger partial charge in [-0.3, -0.25) is 4.79 Å². The van der Waals surface area contributed by atoms with Crippen LogP contribution in [0, 0.1) is 6.92 Å². The third kappa shape index (κ3) is 5.36. The van der Waals surface area contributed by atoms with E-state index < -0.39 is 0 Å². The van der Waals surface area contributed by atoms with Gasteiger partial charge >= 0.3 is 0 Å². The van der Waals surface area contributed by atoms with Gasteiger partial charge in [0, 0.05) is 31.0 Å². The number of nitrogens with two attached hydrogens (primary N) is 1. The first-order valence-corrected chi connectivity index (χ1v) is 7.50. The fraction of sp³-hybridized carbons (Fsp3) is 0.562. The molecule has 3 N–H and O–H groups in total. The zero-order valence-electron chi connectivity index (χ0n) is 12.6. The lowest BCUT2D eigenvalue weighted by molar-refractivity contribution is -0.116. The van der Waals surface area contributed by atoms with Gasteiger partial charge in [0.15, 0.2) is 0 Å². The van der Waals surface area contributed by atoms with E-state index in [1.165, 1.54) is 0 Å². The lowest BCUT2D eigenvalue weighted by atomic mass is 10.1. The summed E-state index contributed by atoms with van der Waals surface area (Å²) in [6.07, 6.45) is 3.60. The number of nitrogen functional groups attached to an aromatic ring is 1. The van der Waals surface area contributed by atoms with Crippen LogP contribution in [0.25, 0.3) is 0 Å². The Hall–Kier alpha value is -1.59. The summed E-state index contributed by atoms with van der Waals surface area (Å²) in [6, 6.07) is 5.50. The third-order valence-corrected chi connectivity index (χ3v) is 3.56.